The van der Waals surface area contributed by atoms with Gasteiger partial charge in [-0.3, -0.25) is 4.79 Å². The predicted molar refractivity (Wildman–Crippen MR) is 90.6 cm³/mol. The number of carbonyl (C=O) groups excluding carboxylic acids is 1. The molecule has 7 heteroatoms. The second kappa shape index (κ2) is 10.6. The van der Waals surface area contributed by atoms with Crippen molar-refractivity contribution in [1.29, 1.82) is 0 Å². The Labute approximate surface area is 146 Å². The van der Waals surface area contributed by atoms with Crippen LogP contribution in [0.4, 0.5) is 4.39 Å². The van der Waals surface area contributed by atoms with Crippen molar-refractivity contribution in [1.82, 2.24) is 10.6 Å². The lowest BCUT2D eigenvalue weighted by molar-refractivity contribution is -0.130. The Kier molecular flexibility index (Phi) is 8.45. The molecule has 2 saturated heterocycles. The van der Waals surface area contributed by atoms with Crippen LogP contribution in [0.5, 0.6) is 0 Å². The summed E-state index contributed by atoms with van der Waals surface area (Å²) in [6.07, 6.45) is 1.62. The van der Waals surface area contributed by atoms with Crippen molar-refractivity contribution < 1.29 is 18.7 Å². The van der Waals surface area contributed by atoms with Crippen LogP contribution in [0, 0.1) is 11.7 Å². The summed E-state index contributed by atoms with van der Waals surface area (Å²) in [6.45, 7) is 4.68. The lowest BCUT2D eigenvalue weighted by Crippen LogP contribution is -2.40. The van der Waals surface area contributed by atoms with E-state index in [1.54, 1.807) is 12.1 Å². The van der Waals surface area contributed by atoms with Crippen LogP contribution in [-0.4, -0.2) is 51.5 Å². The number of amides is 1. The Morgan fingerprint density at radius 1 is 1.38 bits per heavy atom. The van der Waals surface area contributed by atoms with Gasteiger partial charge in [0, 0.05) is 32.2 Å². The molecule has 2 aliphatic heterocycles. The molecule has 134 valence electrons. The molecule has 1 aromatic carbocycles. The van der Waals surface area contributed by atoms with Gasteiger partial charge in [0.25, 0.3) is 0 Å². The minimum atomic E-state index is -0.367. The predicted octanol–water partition coefficient (Wildman–Crippen LogP) is 2.00. The molecule has 2 atom stereocenters. The Morgan fingerprint density at radius 3 is 2.88 bits per heavy atom. The number of hydrogen-bond acceptors (Lipinski definition) is 4. The van der Waals surface area contributed by atoms with Crippen LogP contribution in [0.3, 0.4) is 0 Å². The van der Waals surface area contributed by atoms with Gasteiger partial charge in [0.05, 0.1) is 18.2 Å². The fraction of sp³-hybridized carbons (Fsp3) is 0.588. The van der Waals surface area contributed by atoms with E-state index in [1.807, 2.05) is 0 Å². The van der Waals surface area contributed by atoms with Crippen molar-refractivity contribution in [3.8, 4) is 0 Å². The van der Waals surface area contributed by atoms with Gasteiger partial charge >= 0.3 is 0 Å². The van der Waals surface area contributed by atoms with Crippen LogP contribution in [0.15, 0.2) is 24.3 Å². The van der Waals surface area contributed by atoms with Crippen LogP contribution in [0.25, 0.3) is 0 Å². The molecule has 2 fully saturated rings. The van der Waals surface area contributed by atoms with E-state index >= 15 is 0 Å². The van der Waals surface area contributed by atoms with E-state index in [-0.39, 0.29) is 22.9 Å². The van der Waals surface area contributed by atoms with E-state index in [1.165, 1.54) is 12.1 Å². The summed E-state index contributed by atoms with van der Waals surface area (Å²) in [4.78, 5) is 11.7. The third kappa shape index (κ3) is 6.73. The van der Waals surface area contributed by atoms with Gasteiger partial charge in [-0.25, -0.2) is 4.39 Å². The van der Waals surface area contributed by atoms with Crippen LogP contribution >= 0.6 is 11.6 Å². The molecule has 0 saturated carbocycles. The van der Waals surface area contributed by atoms with Gasteiger partial charge in [-0.15, -0.1) is 0 Å². The monoisotopic (exact) mass is 358 g/mol. The van der Waals surface area contributed by atoms with Gasteiger partial charge in [-0.2, -0.15) is 0 Å². The van der Waals surface area contributed by atoms with E-state index in [0.717, 1.165) is 39.1 Å². The quantitative estimate of drug-likeness (QED) is 0.867. The van der Waals surface area contributed by atoms with Crippen molar-refractivity contribution in [3.63, 3.8) is 0 Å². The summed E-state index contributed by atoms with van der Waals surface area (Å²) < 4.78 is 22.9. The number of benzene rings is 1. The van der Waals surface area contributed by atoms with Crippen LogP contribution in [0.2, 0.25) is 5.02 Å². The van der Waals surface area contributed by atoms with E-state index in [2.05, 4.69) is 10.6 Å². The number of hydrogen-bond donors (Lipinski definition) is 2. The molecule has 0 bridgehead atoms. The summed E-state index contributed by atoms with van der Waals surface area (Å²) in [7, 11) is 0. The van der Waals surface area contributed by atoms with E-state index in [4.69, 9.17) is 21.1 Å². The van der Waals surface area contributed by atoms with E-state index in [9.17, 15) is 9.18 Å². The molecule has 2 heterocycles. The molecule has 2 N–H and O–H groups in total. The average Bonchev–Trinajstić information content (AvgIpc) is 3.00. The first-order valence-corrected chi connectivity index (χ1v) is 8.62. The third-order valence-electron chi connectivity index (χ3n) is 3.82. The normalized spacial score (nSPS) is 23.8. The van der Waals surface area contributed by atoms with E-state index < -0.39 is 0 Å². The second-order valence-corrected chi connectivity index (χ2v) is 6.21. The van der Waals surface area contributed by atoms with E-state index in [0.29, 0.717) is 19.1 Å². The molecule has 2 unspecified atom stereocenters. The molecule has 2 aliphatic rings. The highest BCUT2D eigenvalue weighted by Crippen LogP contribution is 2.12. The molecule has 3 rings (SSSR count). The van der Waals surface area contributed by atoms with Crippen molar-refractivity contribution in [2.75, 3.05) is 39.5 Å². The van der Waals surface area contributed by atoms with Crippen LogP contribution in [-0.2, 0) is 14.3 Å². The Hall–Kier alpha value is -1.21. The van der Waals surface area contributed by atoms with Crippen LogP contribution in [0.1, 0.15) is 12.8 Å². The fourth-order valence-electron chi connectivity index (χ4n) is 2.47. The molecule has 0 radical (unpaired) electrons. The standard InChI is InChI=1S/C11H20N2O3.C6H4ClF/c14-11(10-2-1-4-16-10)13-7-9-6-12-3-5-15-8-9;7-5-3-1-2-4-6(5)8/h9-10,12H,1-8H2,(H,13,14);1-4H. The lowest BCUT2D eigenvalue weighted by Gasteiger charge is -2.16. The number of ether oxygens (including phenoxy) is 2. The summed E-state index contributed by atoms with van der Waals surface area (Å²) >= 11 is 5.33. The highest BCUT2D eigenvalue weighted by atomic mass is 35.5. The summed E-state index contributed by atoms with van der Waals surface area (Å²) in [5.41, 5.74) is 0. The summed E-state index contributed by atoms with van der Waals surface area (Å²) in [5, 5.41) is 6.39. The maximum Gasteiger partial charge on any atom is 0.249 e. The molecular formula is C17H24ClFN2O3. The van der Waals surface area contributed by atoms with Crippen molar-refractivity contribution in [2.45, 2.75) is 18.9 Å². The molecule has 0 aromatic heterocycles. The topological polar surface area (TPSA) is 59.6 Å². The third-order valence-corrected chi connectivity index (χ3v) is 4.13. The molecule has 1 amide bonds. The maximum atomic E-state index is 12.2. The highest BCUT2D eigenvalue weighted by molar-refractivity contribution is 6.30. The van der Waals surface area contributed by atoms with Crippen molar-refractivity contribution in [2.24, 2.45) is 5.92 Å². The van der Waals surface area contributed by atoms with Crippen molar-refractivity contribution in [3.05, 3.63) is 35.1 Å². The molecule has 5 nitrogen and oxygen atoms in total. The first-order valence-electron chi connectivity index (χ1n) is 8.24. The Morgan fingerprint density at radius 2 is 2.21 bits per heavy atom. The molecule has 0 aliphatic carbocycles. The van der Waals surface area contributed by atoms with Gasteiger partial charge in [0.2, 0.25) is 5.91 Å². The number of nitrogens with one attached hydrogen (secondary N) is 2. The molecule has 0 spiro atoms. The van der Waals surface area contributed by atoms with Gasteiger partial charge < -0.3 is 20.1 Å². The average molecular weight is 359 g/mol. The summed E-state index contributed by atoms with van der Waals surface area (Å²) in [6, 6.07) is 6.12. The lowest BCUT2D eigenvalue weighted by atomic mass is 10.1. The zero-order valence-corrected chi connectivity index (χ0v) is 14.4. The fourth-order valence-corrected chi connectivity index (χ4v) is 2.61. The number of carbonyl (C=O) groups is 1. The van der Waals surface area contributed by atoms with Gasteiger partial charge in [-0.1, -0.05) is 23.7 Å². The second-order valence-electron chi connectivity index (χ2n) is 5.81. The Balaban J connectivity index is 0.000000219. The zero-order chi connectivity index (χ0) is 17.2. The number of rotatable bonds is 3. The SMILES string of the molecule is Fc1ccccc1Cl.O=C(NCC1CNCCOC1)C1CCCO1. The van der Waals surface area contributed by atoms with Gasteiger partial charge in [-0.05, 0) is 25.0 Å². The first kappa shape index (κ1) is 19.1. The minimum absolute atomic E-state index is 0.0294. The first-order chi connectivity index (χ1) is 11.7. The molecule has 24 heavy (non-hydrogen) atoms. The van der Waals surface area contributed by atoms with Crippen LogP contribution < -0.4 is 10.6 Å². The highest BCUT2D eigenvalue weighted by Gasteiger charge is 2.24. The smallest absolute Gasteiger partial charge is 0.249 e. The number of halogens is 2. The van der Waals surface area contributed by atoms with Gasteiger partial charge in [0.1, 0.15) is 11.9 Å². The Bertz CT molecular complexity index is 483. The van der Waals surface area contributed by atoms with Gasteiger partial charge in [0.15, 0.2) is 0 Å². The summed E-state index contributed by atoms with van der Waals surface area (Å²) in [5.74, 6) is 0.0313. The van der Waals surface area contributed by atoms with Crippen molar-refractivity contribution >= 4 is 17.5 Å². The maximum absolute atomic E-state index is 12.2. The largest absolute Gasteiger partial charge is 0.380 e. The molecule has 1 aromatic rings. The zero-order valence-electron chi connectivity index (χ0n) is 13.6. The molecular weight excluding hydrogens is 335 g/mol. The minimum Gasteiger partial charge on any atom is -0.380 e.